The summed E-state index contributed by atoms with van der Waals surface area (Å²) < 4.78 is 6.90. The average molecular weight is 374 g/mol. The summed E-state index contributed by atoms with van der Waals surface area (Å²) in [5.41, 5.74) is 1.62. The molecule has 0 bridgehead atoms. The zero-order valence-corrected chi connectivity index (χ0v) is 15.5. The van der Waals surface area contributed by atoms with Crippen molar-refractivity contribution in [2.75, 3.05) is 11.4 Å². The van der Waals surface area contributed by atoms with E-state index in [1.165, 1.54) is 35.3 Å². The smallest absolute Gasteiger partial charge is 0.341 e. The number of anilines is 1. The van der Waals surface area contributed by atoms with Crippen LogP contribution in [-0.2, 0) is 22.6 Å². The minimum absolute atomic E-state index is 0.0172. The molecule has 3 aromatic heterocycles. The molecule has 3 rings (SSSR count). The number of ether oxygens (including phenoxy) is 1. The van der Waals surface area contributed by atoms with Crippen molar-refractivity contribution in [3.05, 3.63) is 34.9 Å². The number of aryl methyl sites for hydroxylation is 1. The molecule has 0 spiro atoms. The van der Waals surface area contributed by atoms with Crippen molar-refractivity contribution in [2.24, 2.45) is 0 Å². The molecule has 0 aromatic carbocycles. The number of aromatic nitrogens is 5. The normalized spacial score (nSPS) is 10.9. The molecular formula is C16H18N6O3S. The second-order valence-electron chi connectivity index (χ2n) is 5.40. The van der Waals surface area contributed by atoms with Crippen molar-refractivity contribution in [1.29, 1.82) is 0 Å². The number of amides is 1. The van der Waals surface area contributed by atoms with Gasteiger partial charge in [0.2, 0.25) is 5.91 Å². The van der Waals surface area contributed by atoms with Gasteiger partial charge in [0.1, 0.15) is 12.9 Å². The molecule has 0 saturated carbocycles. The summed E-state index contributed by atoms with van der Waals surface area (Å²) >= 11 is 1.34. The third-order valence-electron chi connectivity index (χ3n) is 3.78. The standard InChI is InChI=1S/C16H18N6O3S/c1-4-13-12(6-17-15-18-9-19-22(13)15)14(24)25-7-11-8-26-16(20-11)21(5-2)10(3)23/h6,8-9H,4-5,7H2,1-3H3. The Labute approximate surface area is 153 Å². The lowest BCUT2D eigenvalue weighted by molar-refractivity contribution is -0.116. The number of rotatable bonds is 6. The molecule has 0 saturated heterocycles. The summed E-state index contributed by atoms with van der Waals surface area (Å²) in [5.74, 6) is -0.142. The van der Waals surface area contributed by atoms with Gasteiger partial charge in [-0.3, -0.25) is 9.69 Å². The molecule has 0 radical (unpaired) electrons. The van der Waals surface area contributed by atoms with Gasteiger partial charge in [-0.1, -0.05) is 6.92 Å². The zero-order valence-electron chi connectivity index (χ0n) is 14.7. The number of nitrogens with zero attached hydrogens (tertiary/aromatic N) is 6. The predicted octanol–water partition coefficient (Wildman–Crippen LogP) is 1.87. The highest BCUT2D eigenvalue weighted by atomic mass is 32.1. The predicted molar refractivity (Wildman–Crippen MR) is 95.1 cm³/mol. The molecular weight excluding hydrogens is 356 g/mol. The quantitative estimate of drug-likeness (QED) is 0.607. The van der Waals surface area contributed by atoms with Gasteiger partial charge in [-0.25, -0.2) is 19.3 Å². The minimum atomic E-state index is -0.500. The maximum atomic E-state index is 12.5. The molecule has 0 fully saturated rings. The minimum Gasteiger partial charge on any atom is -0.455 e. The fourth-order valence-corrected chi connectivity index (χ4v) is 3.45. The van der Waals surface area contributed by atoms with Crippen molar-refractivity contribution < 1.29 is 14.3 Å². The van der Waals surface area contributed by atoms with Crippen molar-refractivity contribution in [3.63, 3.8) is 0 Å². The molecule has 0 atom stereocenters. The second kappa shape index (κ2) is 7.56. The highest BCUT2D eigenvalue weighted by Gasteiger charge is 2.18. The van der Waals surface area contributed by atoms with E-state index in [0.717, 1.165) is 0 Å². The van der Waals surface area contributed by atoms with Gasteiger partial charge in [-0.15, -0.1) is 11.3 Å². The van der Waals surface area contributed by atoms with E-state index >= 15 is 0 Å². The molecule has 0 unspecified atom stereocenters. The van der Waals surface area contributed by atoms with Crippen molar-refractivity contribution in [3.8, 4) is 0 Å². The van der Waals surface area contributed by atoms with Crippen LogP contribution in [0.25, 0.3) is 5.78 Å². The van der Waals surface area contributed by atoms with Gasteiger partial charge in [-0.2, -0.15) is 10.1 Å². The Kier molecular flexibility index (Phi) is 5.21. The van der Waals surface area contributed by atoms with E-state index in [2.05, 4.69) is 20.1 Å². The van der Waals surface area contributed by atoms with Crippen LogP contribution < -0.4 is 4.90 Å². The molecule has 3 aromatic rings. The molecule has 0 aliphatic carbocycles. The van der Waals surface area contributed by atoms with Crippen LogP contribution in [0.2, 0.25) is 0 Å². The Bertz CT molecular complexity index is 951. The number of fused-ring (bicyclic) bond motifs is 1. The highest BCUT2D eigenvalue weighted by molar-refractivity contribution is 7.14. The van der Waals surface area contributed by atoms with Gasteiger partial charge >= 0.3 is 5.97 Å². The van der Waals surface area contributed by atoms with Crippen molar-refractivity contribution in [2.45, 2.75) is 33.8 Å². The Morgan fingerprint density at radius 1 is 1.31 bits per heavy atom. The molecule has 9 nitrogen and oxygen atoms in total. The third kappa shape index (κ3) is 3.40. The molecule has 0 aliphatic rings. The first-order valence-corrected chi connectivity index (χ1v) is 9.00. The lowest BCUT2D eigenvalue weighted by atomic mass is 10.2. The summed E-state index contributed by atoms with van der Waals surface area (Å²) in [6.45, 7) is 5.84. The van der Waals surface area contributed by atoms with E-state index in [1.807, 2.05) is 13.8 Å². The first-order valence-electron chi connectivity index (χ1n) is 8.12. The second-order valence-corrected chi connectivity index (χ2v) is 6.24. The van der Waals surface area contributed by atoms with Crippen LogP contribution in [0.1, 0.15) is 42.5 Å². The van der Waals surface area contributed by atoms with Crippen molar-refractivity contribution in [1.82, 2.24) is 24.6 Å². The van der Waals surface area contributed by atoms with Gasteiger partial charge in [0, 0.05) is 25.0 Å². The largest absolute Gasteiger partial charge is 0.455 e. The number of hydrogen-bond acceptors (Lipinski definition) is 8. The lowest BCUT2D eigenvalue weighted by Crippen LogP contribution is -2.27. The first-order chi connectivity index (χ1) is 12.5. The maximum absolute atomic E-state index is 12.5. The van der Waals surface area contributed by atoms with Crippen LogP contribution in [0.5, 0.6) is 0 Å². The van der Waals surface area contributed by atoms with Crippen LogP contribution in [0.15, 0.2) is 17.9 Å². The fraction of sp³-hybridized carbons (Fsp3) is 0.375. The summed E-state index contributed by atoms with van der Waals surface area (Å²) in [6.07, 6.45) is 3.42. The Balaban J connectivity index is 1.73. The Morgan fingerprint density at radius 2 is 2.12 bits per heavy atom. The first kappa shape index (κ1) is 17.9. The van der Waals surface area contributed by atoms with E-state index in [4.69, 9.17) is 4.74 Å². The fourth-order valence-electron chi connectivity index (χ4n) is 2.53. The molecule has 1 amide bonds. The summed E-state index contributed by atoms with van der Waals surface area (Å²) in [7, 11) is 0. The van der Waals surface area contributed by atoms with Crippen LogP contribution >= 0.6 is 11.3 Å². The van der Waals surface area contributed by atoms with Crippen LogP contribution in [0.4, 0.5) is 5.13 Å². The van der Waals surface area contributed by atoms with Crippen LogP contribution in [0.3, 0.4) is 0 Å². The van der Waals surface area contributed by atoms with Crippen molar-refractivity contribution >= 4 is 34.1 Å². The molecule has 26 heavy (non-hydrogen) atoms. The highest BCUT2D eigenvalue weighted by Crippen LogP contribution is 2.21. The van der Waals surface area contributed by atoms with E-state index < -0.39 is 5.97 Å². The third-order valence-corrected chi connectivity index (χ3v) is 4.69. The molecule has 3 heterocycles. The van der Waals surface area contributed by atoms with E-state index in [1.54, 1.807) is 10.3 Å². The molecule has 10 heteroatoms. The van der Waals surface area contributed by atoms with E-state index in [0.29, 0.717) is 40.8 Å². The monoisotopic (exact) mass is 374 g/mol. The summed E-state index contributed by atoms with van der Waals surface area (Å²) in [4.78, 5) is 38.1. The van der Waals surface area contributed by atoms with Gasteiger partial charge in [0.25, 0.3) is 5.78 Å². The van der Waals surface area contributed by atoms with Gasteiger partial charge in [0.15, 0.2) is 5.13 Å². The summed E-state index contributed by atoms with van der Waals surface area (Å²) in [5, 5.41) is 6.45. The average Bonchev–Trinajstić information content (AvgIpc) is 3.28. The number of hydrogen-bond donors (Lipinski definition) is 0. The molecule has 0 aliphatic heterocycles. The molecule has 136 valence electrons. The zero-order chi connectivity index (χ0) is 18.7. The Hall–Kier alpha value is -2.88. The molecule has 0 N–H and O–H groups in total. The van der Waals surface area contributed by atoms with Crippen LogP contribution in [-0.4, -0.2) is 43.0 Å². The number of carbonyl (C=O) groups excluding carboxylic acids is 2. The number of carbonyl (C=O) groups is 2. The Morgan fingerprint density at radius 3 is 2.81 bits per heavy atom. The van der Waals surface area contributed by atoms with Crippen LogP contribution in [0, 0.1) is 0 Å². The number of esters is 1. The van der Waals surface area contributed by atoms with Gasteiger partial charge in [-0.05, 0) is 13.3 Å². The van der Waals surface area contributed by atoms with E-state index in [9.17, 15) is 9.59 Å². The van der Waals surface area contributed by atoms with E-state index in [-0.39, 0.29) is 12.5 Å². The topological polar surface area (TPSA) is 103 Å². The van der Waals surface area contributed by atoms with Gasteiger partial charge in [0.05, 0.1) is 17.0 Å². The summed E-state index contributed by atoms with van der Waals surface area (Å²) in [6, 6.07) is 0. The number of thiazole rings is 1. The van der Waals surface area contributed by atoms with Gasteiger partial charge < -0.3 is 4.74 Å². The SMILES string of the molecule is CCc1c(C(=O)OCc2csc(N(CC)C(C)=O)n2)cnc2ncnn12. The maximum Gasteiger partial charge on any atom is 0.341 e. The lowest BCUT2D eigenvalue weighted by Gasteiger charge is -2.14.